The average molecular weight is 343 g/mol. The van der Waals surface area contributed by atoms with Gasteiger partial charge in [0.05, 0.1) is 6.54 Å². The van der Waals surface area contributed by atoms with Crippen molar-refractivity contribution < 1.29 is 23.1 Å². The third-order valence-electron chi connectivity index (χ3n) is 2.44. The molecule has 4 nitrogen and oxygen atoms in total. The second kappa shape index (κ2) is 5.96. The molecule has 1 heterocycles. The fourth-order valence-electron chi connectivity index (χ4n) is 1.45. The number of hydrogen-bond donors (Lipinski definition) is 2. The van der Waals surface area contributed by atoms with Crippen LogP contribution in [0.1, 0.15) is 30.4 Å². The molecule has 0 aliphatic heterocycles. The number of amides is 1. The Hall–Kier alpha value is -1.02. The van der Waals surface area contributed by atoms with Gasteiger partial charge in [0, 0.05) is 16.7 Å². The Kier molecular flexibility index (Phi) is 5.03. The zero-order valence-electron chi connectivity index (χ0n) is 10.3. The standard InChI is InChI=1S/C11H14BrF3N2O2/c1-6(2)17-5-7(12)3-8(17)10(19)16-4-9(18)11(13,14)15/h3,5-6,9,18H,4H2,1-2H3,(H,16,19). The zero-order valence-corrected chi connectivity index (χ0v) is 11.9. The maximum atomic E-state index is 12.1. The van der Waals surface area contributed by atoms with Crippen molar-refractivity contribution in [3.63, 3.8) is 0 Å². The van der Waals surface area contributed by atoms with Gasteiger partial charge in [0.2, 0.25) is 0 Å². The molecular weight excluding hydrogens is 329 g/mol. The lowest BCUT2D eigenvalue weighted by molar-refractivity contribution is -0.201. The summed E-state index contributed by atoms with van der Waals surface area (Å²) in [7, 11) is 0. The summed E-state index contributed by atoms with van der Waals surface area (Å²) < 4.78 is 38.6. The van der Waals surface area contributed by atoms with Crippen molar-refractivity contribution in [2.45, 2.75) is 32.2 Å². The van der Waals surface area contributed by atoms with E-state index in [1.165, 1.54) is 6.07 Å². The van der Waals surface area contributed by atoms with Crippen LogP contribution in [0.15, 0.2) is 16.7 Å². The van der Waals surface area contributed by atoms with Crippen molar-refractivity contribution >= 4 is 21.8 Å². The molecule has 0 spiro atoms. The molecule has 2 N–H and O–H groups in total. The largest absolute Gasteiger partial charge is 0.416 e. The van der Waals surface area contributed by atoms with Gasteiger partial charge in [-0.25, -0.2) is 0 Å². The molecule has 1 atom stereocenters. The lowest BCUT2D eigenvalue weighted by Gasteiger charge is -2.16. The van der Waals surface area contributed by atoms with Crippen LogP contribution in [-0.4, -0.2) is 34.4 Å². The van der Waals surface area contributed by atoms with Crippen LogP contribution in [0.4, 0.5) is 13.2 Å². The molecule has 1 aromatic heterocycles. The summed E-state index contributed by atoms with van der Waals surface area (Å²) in [4.78, 5) is 11.8. The van der Waals surface area contributed by atoms with E-state index >= 15 is 0 Å². The quantitative estimate of drug-likeness (QED) is 0.883. The van der Waals surface area contributed by atoms with E-state index in [9.17, 15) is 18.0 Å². The second-order valence-corrected chi connectivity index (χ2v) is 5.23. The first-order valence-corrected chi connectivity index (χ1v) is 6.32. The number of nitrogens with zero attached hydrogens (tertiary/aromatic N) is 1. The minimum atomic E-state index is -4.74. The highest BCUT2D eigenvalue weighted by atomic mass is 79.9. The fourth-order valence-corrected chi connectivity index (χ4v) is 1.89. The maximum Gasteiger partial charge on any atom is 0.416 e. The predicted molar refractivity (Wildman–Crippen MR) is 66.9 cm³/mol. The highest BCUT2D eigenvalue weighted by Crippen LogP contribution is 2.21. The van der Waals surface area contributed by atoms with Crippen LogP contribution in [0.3, 0.4) is 0 Å². The van der Waals surface area contributed by atoms with Crippen molar-refractivity contribution in [2.24, 2.45) is 0 Å². The molecule has 0 aliphatic carbocycles. The van der Waals surface area contributed by atoms with E-state index < -0.39 is 24.7 Å². The van der Waals surface area contributed by atoms with Gasteiger partial charge in [0.1, 0.15) is 5.69 Å². The van der Waals surface area contributed by atoms with Crippen LogP contribution in [0.5, 0.6) is 0 Å². The Balaban J connectivity index is 2.74. The molecule has 0 saturated carbocycles. The average Bonchev–Trinajstić information content (AvgIpc) is 2.66. The fraction of sp³-hybridized carbons (Fsp3) is 0.545. The lowest BCUT2D eigenvalue weighted by atomic mass is 10.3. The van der Waals surface area contributed by atoms with Crippen LogP contribution >= 0.6 is 15.9 Å². The van der Waals surface area contributed by atoms with Crippen LogP contribution in [0, 0.1) is 0 Å². The summed E-state index contributed by atoms with van der Waals surface area (Å²) in [6.07, 6.45) is -5.64. The van der Waals surface area contributed by atoms with Crippen LogP contribution in [-0.2, 0) is 0 Å². The predicted octanol–water partition coefficient (Wildman–Crippen LogP) is 2.48. The molecule has 1 aromatic rings. The highest BCUT2D eigenvalue weighted by Gasteiger charge is 2.38. The van der Waals surface area contributed by atoms with Crippen LogP contribution < -0.4 is 5.32 Å². The summed E-state index contributed by atoms with van der Waals surface area (Å²) in [5.41, 5.74) is 0.233. The van der Waals surface area contributed by atoms with Gasteiger partial charge in [-0.3, -0.25) is 4.79 Å². The van der Waals surface area contributed by atoms with E-state index in [1.807, 2.05) is 13.8 Å². The zero-order chi connectivity index (χ0) is 14.8. The first kappa shape index (κ1) is 16.0. The molecule has 0 bridgehead atoms. The smallest absolute Gasteiger partial charge is 0.382 e. The number of aliphatic hydroxyl groups excluding tert-OH is 1. The summed E-state index contributed by atoms with van der Waals surface area (Å²) in [6, 6.07) is 1.49. The Morgan fingerprint density at radius 1 is 1.53 bits per heavy atom. The number of hydrogen-bond acceptors (Lipinski definition) is 2. The van der Waals surface area contributed by atoms with E-state index in [4.69, 9.17) is 5.11 Å². The van der Waals surface area contributed by atoms with Crippen LogP contribution in [0.25, 0.3) is 0 Å². The van der Waals surface area contributed by atoms with Gasteiger partial charge in [0.15, 0.2) is 6.10 Å². The van der Waals surface area contributed by atoms with Gasteiger partial charge in [-0.15, -0.1) is 0 Å². The highest BCUT2D eigenvalue weighted by molar-refractivity contribution is 9.10. The number of carbonyl (C=O) groups excluding carboxylic acids is 1. The molecule has 1 amide bonds. The van der Waals surface area contributed by atoms with E-state index in [0.717, 1.165) is 0 Å². The molecule has 0 saturated heterocycles. The first-order valence-electron chi connectivity index (χ1n) is 5.53. The number of halogens is 4. The molecule has 0 fully saturated rings. The van der Waals surface area contributed by atoms with E-state index in [1.54, 1.807) is 10.8 Å². The molecule has 1 rings (SSSR count). The minimum Gasteiger partial charge on any atom is -0.382 e. The van der Waals surface area contributed by atoms with E-state index in [0.29, 0.717) is 4.47 Å². The Bertz CT molecular complexity index is 457. The van der Waals surface area contributed by atoms with Gasteiger partial charge >= 0.3 is 6.18 Å². The molecule has 108 valence electrons. The second-order valence-electron chi connectivity index (χ2n) is 4.31. The van der Waals surface area contributed by atoms with Crippen LogP contribution in [0.2, 0.25) is 0 Å². The van der Waals surface area contributed by atoms with Gasteiger partial charge in [-0.05, 0) is 35.8 Å². The molecule has 0 aromatic carbocycles. The number of aromatic nitrogens is 1. The molecule has 1 unspecified atom stereocenters. The van der Waals surface area contributed by atoms with Gasteiger partial charge in [-0.1, -0.05) is 0 Å². The molecule has 0 aliphatic rings. The van der Waals surface area contributed by atoms with E-state index in [-0.39, 0.29) is 11.7 Å². The minimum absolute atomic E-state index is 0.0143. The molecular formula is C11H14BrF3N2O2. The van der Waals surface area contributed by atoms with Crippen molar-refractivity contribution in [3.8, 4) is 0 Å². The Morgan fingerprint density at radius 3 is 2.58 bits per heavy atom. The summed E-state index contributed by atoms with van der Waals surface area (Å²) in [5.74, 6) is -0.664. The summed E-state index contributed by atoms with van der Waals surface area (Å²) >= 11 is 3.20. The van der Waals surface area contributed by atoms with Gasteiger partial charge < -0.3 is 15.0 Å². The van der Waals surface area contributed by atoms with Crippen molar-refractivity contribution in [1.82, 2.24) is 9.88 Å². The third-order valence-corrected chi connectivity index (χ3v) is 2.87. The number of nitrogens with one attached hydrogen (secondary N) is 1. The first-order chi connectivity index (χ1) is 8.62. The third kappa shape index (κ3) is 4.24. The molecule has 8 heteroatoms. The number of aliphatic hydroxyl groups is 1. The number of carbonyl (C=O) groups is 1. The van der Waals surface area contributed by atoms with Crippen molar-refractivity contribution in [2.75, 3.05) is 6.54 Å². The lowest BCUT2D eigenvalue weighted by Crippen LogP contribution is -2.41. The van der Waals surface area contributed by atoms with Crippen molar-refractivity contribution in [3.05, 3.63) is 22.4 Å². The molecule has 19 heavy (non-hydrogen) atoms. The Labute approximate surface area is 116 Å². The van der Waals surface area contributed by atoms with Crippen molar-refractivity contribution in [1.29, 1.82) is 0 Å². The topological polar surface area (TPSA) is 54.3 Å². The van der Waals surface area contributed by atoms with Gasteiger partial charge in [0.25, 0.3) is 5.91 Å². The SMILES string of the molecule is CC(C)n1cc(Br)cc1C(=O)NCC(O)C(F)(F)F. The normalized spacial score (nSPS) is 13.7. The Morgan fingerprint density at radius 2 is 2.11 bits per heavy atom. The number of alkyl halides is 3. The summed E-state index contributed by atoms with van der Waals surface area (Å²) in [5, 5.41) is 10.9. The van der Waals surface area contributed by atoms with Gasteiger partial charge in [-0.2, -0.15) is 13.2 Å². The molecule has 0 radical (unpaired) electrons. The summed E-state index contributed by atoms with van der Waals surface area (Å²) in [6.45, 7) is 2.81. The maximum absolute atomic E-state index is 12.1. The number of rotatable bonds is 4. The van der Waals surface area contributed by atoms with E-state index in [2.05, 4.69) is 21.2 Å². The monoisotopic (exact) mass is 342 g/mol.